The van der Waals surface area contributed by atoms with Gasteiger partial charge in [-0.25, -0.2) is 0 Å². The lowest BCUT2D eigenvalue weighted by Crippen LogP contribution is -2.57. The number of ether oxygens (including phenoxy) is 1. The van der Waals surface area contributed by atoms with E-state index >= 15 is 0 Å². The smallest absolute Gasteiger partial charge is 0.169 e. The summed E-state index contributed by atoms with van der Waals surface area (Å²) in [4.78, 5) is 12.4. The number of aliphatic hydroxyl groups is 2. The van der Waals surface area contributed by atoms with Crippen LogP contribution in [0.25, 0.3) is 0 Å². The number of carbonyl (C=O) groups excluding carboxylic acids is 1. The second-order valence-electron chi connectivity index (χ2n) is 11.7. The van der Waals surface area contributed by atoms with Gasteiger partial charge in [-0.1, -0.05) is 53.6 Å². The highest BCUT2D eigenvalue weighted by atomic mass is 79.9. The Hall–Kier alpha value is -1.01. The number of carbonyl (C=O) groups is 1. The van der Waals surface area contributed by atoms with E-state index in [9.17, 15) is 15.0 Å². The van der Waals surface area contributed by atoms with Gasteiger partial charge in [-0.2, -0.15) is 0 Å². The van der Waals surface area contributed by atoms with Crippen molar-refractivity contribution in [3.05, 3.63) is 46.0 Å². The fraction of sp³-hybridized carbons (Fsp3) is 0.679. The number of fused-ring (bicyclic) bond motifs is 5. The highest BCUT2D eigenvalue weighted by molar-refractivity contribution is 9.10. The molecule has 3 saturated carbocycles. The average Bonchev–Trinajstić information content (AvgIpc) is 3.06. The molecule has 2 N–H and O–H groups in total. The van der Waals surface area contributed by atoms with Crippen LogP contribution < -0.4 is 0 Å². The summed E-state index contributed by atoms with van der Waals surface area (Å²) >= 11 is 3.46. The Bertz CT molecular complexity index is 973. The summed E-state index contributed by atoms with van der Waals surface area (Å²) in [5.74, 6) is 0.252. The first kappa shape index (κ1) is 23.7. The van der Waals surface area contributed by atoms with Crippen LogP contribution in [-0.4, -0.2) is 27.4 Å². The molecule has 0 heterocycles. The van der Waals surface area contributed by atoms with E-state index in [0.29, 0.717) is 43.6 Å². The predicted octanol–water partition coefficient (Wildman–Crippen LogP) is 5.94. The van der Waals surface area contributed by atoms with Gasteiger partial charge in [-0.05, 0) is 86.3 Å². The number of Topliss-reactive ketones (excluding diaryl/α,β-unsaturated/α-hetero) is 1. The number of halogens is 1. The fourth-order valence-electron chi connectivity index (χ4n) is 8.13. The number of hydrogen-bond donors (Lipinski definition) is 2. The third-order valence-corrected chi connectivity index (χ3v) is 10.8. The van der Waals surface area contributed by atoms with Crippen molar-refractivity contribution in [1.29, 1.82) is 0 Å². The standard InChI is InChI=1S/C28H37BrO4/c1-18(30)28(32)13-11-24-22-9-6-20-16-27(31,33-17-19-4-7-21(29)8-5-19)15-14-25(20,2)23(22)10-12-26(24,28)3/h4-8,22-24,31-32H,9-17H2,1-3H3. The molecule has 7 unspecified atom stereocenters. The third kappa shape index (κ3) is 3.61. The molecule has 3 fully saturated rings. The van der Waals surface area contributed by atoms with Crippen LogP contribution in [0.2, 0.25) is 0 Å². The van der Waals surface area contributed by atoms with E-state index in [1.807, 2.05) is 24.3 Å². The Morgan fingerprint density at radius 3 is 2.45 bits per heavy atom. The summed E-state index contributed by atoms with van der Waals surface area (Å²) in [7, 11) is 0. The van der Waals surface area contributed by atoms with E-state index in [1.165, 1.54) is 5.57 Å². The summed E-state index contributed by atoms with van der Waals surface area (Å²) in [6.07, 6.45) is 8.95. The molecule has 0 spiro atoms. The first-order valence-corrected chi connectivity index (χ1v) is 13.3. The van der Waals surface area contributed by atoms with E-state index in [-0.39, 0.29) is 16.6 Å². The first-order valence-electron chi connectivity index (χ1n) is 12.5. The number of rotatable bonds is 4. The van der Waals surface area contributed by atoms with Gasteiger partial charge < -0.3 is 14.9 Å². The van der Waals surface area contributed by atoms with Gasteiger partial charge in [-0.3, -0.25) is 4.79 Å². The summed E-state index contributed by atoms with van der Waals surface area (Å²) in [6, 6.07) is 8.04. The van der Waals surface area contributed by atoms with Crippen LogP contribution in [0.15, 0.2) is 40.4 Å². The topological polar surface area (TPSA) is 66.8 Å². The fourth-order valence-corrected chi connectivity index (χ4v) is 8.40. The van der Waals surface area contributed by atoms with Crippen molar-refractivity contribution in [2.45, 2.75) is 90.1 Å². The summed E-state index contributed by atoms with van der Waals surface area (Å²) in [5, 5.41) is 22.6. The van der Waals surface area contributed by atoms with E-state index in [2.05, 4.69) is 35.9 Å². The van der Waals surface area contributed by atoms with Crippen LogP contribution in [0.3, 0.4) is 0 Å². The average molecular weight is 518 g/mol. The van der Waals surface area contributed by atoms with E-state index in [1.54, 1.807) is 6.92 Å². The van der Waals surface area contributed by atoms with Crippen LogP contribution in [0.5, 0.6) is 0 Å². The molecule has 0 aromatic heterocycles. The molecule has 5 rings (SSSR count). The maximum absolute atomic E-state index is 12.4. The molecule has 33 heavy (non-hydrogen) atoms. The Labute approximate surface area is 205 Å². The lowest BCUT2D eigenvalue weighted by atomic mass is 9.46. The van der Waals surface area contributed by atoms with Crippen molar-refractivity contribution in [2.24, 2.45) is 28.6 Å². The molecule has 0 saturated heterocycles. The molecule has 180 valence electrons. The third-order valence-electron chi connectivity index (χ3n) is 10.3. The lowest BCUT2D eigenvalue weighted by Gasteiger charge is -2.59. The highest BCUT2D eigenvalue weighted by Crippen LogP contribution is 2.67. The summed E-state index contributed by atoms with van der Waals surface area (Å²) in [5.41, 5.74) is 0.987. The van der Waals surface area contributed by atoms with Crippen molar-refractivity contribution < 1.29 is 19.7 Å². The Balaban J connectivity index is 1.34. The molecule has 1 aromatic rings. The molecule has 5 heteroatoms. The zero-order valence-corrected chi connectivity index (χ0v) is 21.7. The zero-order chi connectivity index (χ0) is 23.6. The van der Waals surface area contributed by atoms with Gasteiger partial charge in [0.2, 0.25) is 0 Å². The van der Waals surface area contributed by atoms with Gasteiger partial charge in [0, 0.05) is 22.7 Å². The van der Waals surface area contributed by atoms with Gasteiger partial charge in [0.1, 0.15) is 5.60 Å². The molecule has 0 radical (unpaired) electrons. The van der Waals surface area contributed by atoms with Crippen molar-refractivity contribution >= 4 is 21.7 Å². The van der Waals surface area contributed by atoms with Crippen molar-refractivity contribution in [3.63, 3.8) is 0 Å². The quantitative estimate of drug-likeness (QED) is 0.384. The van der Waals surface area contributed by atoms with Gasteiger partial charge in [0.15, 0.2) is 11.6 Å². The molecule has 4 aliphatic carbocycles. The first-order chi connectivity index (χ1) is 15.5. The maximum Gasteiger partial charge on any atom is 0.169 e. The van der Waals surface area contributed by atoms with Gasteiger partial charge >= 0.3 is 0 Å². The molecule has 0 aliphatic heterocycles. The second kappa shape index (κ2) is 8.01. The number of allylic oxidation sites excluding steroid dienone is 1. The van der Waals surface area contributed by atoms with Crippen LogP contribution in [-0.2, 0) is 16.1 Å². The molecule has 4 aliphatic rings. The van der Waals surface area contributed by atoms with E-state index in [4.69, 9.17) is 4.74 Å². The molecular weight excluding hydrogens is 480 g/mol. The van der Waals surface area contributed by atoms with Crippen LogP contribution in [0.4, 0.5) is 0 Å². The van der Waals surface area contributed by atoms with Gasteiger partial charge in [0.25, 0.3) is 0 Å². The molecule has 4 nitrogen and oxygen atoms in total. The minimum absolute atomic E-state index is 0.0603. The Morgan fingerprint density at radius 2 is 1.76 bits per heavy atom. The van der Waals surface area contributed by atoms with Crippen LogP contribution in [0, 0.1) is 28.6 Å². The Kier molecular flexibility index (Phi) is 5.76. The SMILES string of the molecule is CC(=O)C1(O)CCC2C3CC=C4CC(O)(OCc5ccc(Br)cc5)CCC4(C)C3CCC21C. The minimum Gasteiger partial charge on any atom is -0.382 e. The van der Waals surface area contributed by atoms with Gasteiger partial charge in [0.05, 0.1) is 6.61 Å². The largest absolute Gasteiger partial charge is 0.382 e. The van der Waals surface area contributed by atoms with E-state index in [0.717, 1.165) is 42.1 Å². The van der Waals surface area contributed by atoms with Crippen molar-refractivity contribution in [2.75, 3.05) is 0 Å². The summed E-state index contributed by atoms with van der Waals surface area (Å²) < 4.78 is 7.13. The number of ketones is 1. The molecule has 1 aromatic carbocycles. The summed E-state index contributed by atoms with van der Waals surface area (Å²) in [6.45, 7) is 6.53. The number of hydrogen-bond acceptors (Lipinski definition) is 4. The van der Waals surface area contributed by atoms with Crippen LogP contribution in [0.1, 0.15) is 77.7 Å². The Morgan fingerprint density at radius 1 is 1.06 bits per heavy atom. The van der Waals surface area contributed by atoms with Crippen molar-refractivity contribution in [3.8, 4) is 0 Å². The normalized spacial score (nSPS) is 44.4. The predicted molar refractivity (Wildman–Crippen MR) is 131 cm³/mol. The second-order valence-corrected chi connectivity index (χ2v) is 12.6. The van der Waals surface area contributed by atoms with Crippen LogP contribution >= 0.6 is 15.9 Å². The molecule has 7 atom stereocenters. The highest BCUT2D eigenvalue weighted by Gasteiger charge is 2.65. The zero-order valence-electron chi connectivity index (χ0n) is 20.1. The minimum atomic E-state index is -1.17. The lowest BCUT2D eigenvalue weighted by molar-refractivity contribution is -0.232. The van der Waals surface area contributed by atoms with Crippen molar-refractivity contribution in [1.82, 2.24) is 0 Å². The molecular formula is C28H37BrO4. The monoisotopic (exact) mass is 516 g/mol. The molecule has 0 bridgehead atoms. The maximum atomic E-state index is 12.4. The number of benzene rings is 1. The van der Waals surface area contributed by atoms with E-state index < -0.39 is 11.4 Å². The molecule has 0 amide bonds. The van der Waals surface area contributed by atoms with Gasteiger partial charge in [-0.15, -0.1) is 0 Å².